The van der Waals surface area contributed by atoms with Crippen molar-refractivity contribution in [3.63, 3.8) is 0 Å². The van der Waals surface area contributed by atoms with Crippen LogP contribution in [0.4, 0.5) is 5.95 Å². The van der Waals surface area contributed by atoms with Crippen LogP contribution in [0.3, 0.4) is 0 Å². The number of aliphatic hydroxyl groups is 1. The highest BCUT2D eigenvalue weighted by molar-refractivity contribution is 6.48. The van der Waals surface area contributed by atoms with Crippen molar-refractivity contribution in [3.8, 4) is 0 Å². The molecule has 0 fully saturated rings. The molecule has 0 bridgehead atoms. The lowest BCUT2D eigenvalue weighted by molar-refractivity contribution is 0.0361. The Balaban J connectivity index is 2.36. The maximum Gasteiger partial charge on any atom is 0.280 e. The van der Waals surface area contributed by atoms with Gasteiger partial charge in [-0.1, -0.05) is 20.8 Å². The van der Waals surface area contributed by atoms with Crippen molar-refractivity contribution in [1.29, 1.82) is 0 Å². The molecule has 0 spiro atoms. The summed E-state index contributed by atoms with van der Waals surface area (Å²) >= 11 is 0. The normalized spacial score (nSPS) is 15.1. The number of aromatic nitrogens is 4. The van der Waals surface area contributed by atoms with E-state index in [2.05, 4.69) is 48.8 Å². The molecule has 9 heteroatoms. The molecule has 0 aliphatic carbocycles. The fraction of sp³-hybridized carbons (Fsp3) is 0.667. The van der Waals surface area contributed by atoms with E-state index in [1.165, 1.54) is 6.33 Å². The van der Waals surface area contributed by atoms with Crippen LogP contribution in [-0.4, -0.2) is 39.8 Å². The van der Waals surface area contributed by atoms with E-state index in [1.54, 1.807) is 4.57 Å². The van der Waals surface area contributed by atoms with Crippen molar-refractivity contribution < 1.29 is 9.53 Å². The number of rotatable bonds is 6. The van der Waals surface area contributed by atoms with Crippen LogP contribution in [0.2, 0.25) is 13.1 Å². The molecule has 2 rings (SSSR count). The molecule has 2 heterocycles. The second kappa shape index (κ2) is 7.04. The van der Waals surface area contributed by atoms with Gasteiger partial charge in [-0.25, -0.2) is 4.98 Å². The van der Waals surface area contributed by atoms with Crippen LogP contribution in [0.25, 0.3) is 11.2 Å². The Morgan fingerprint density at radius 1 is 1.46 bits per heavy atom. The summed E-state index contributed by atoms with van der Waals surface area (Å²) in [6.07, 6.45) is 1.63. The zero-order valence-electron chi connectivity index (χ0n) is 14.9. The maximum atomic E-state index is 11.9. The lowest BCUT2D eigenvalue weighted by atomic mass is 9.88. The second-order valence-electron chi connectivity index (χ2n) is 7.57. The van der Waals surface area contributed by atoms with Crippen LogP contribution in [0, 0.1) is 5.41 Å². The summed E-state index contributed by atoms with van der Waals surface area (Å²) in [5.74, 6) is 0.0324. The van der Waals surface area contributed by atoms with Crippen LogP contribution in [-0.2, 0) is 4.43 Å². The van der Waals surface area contributed by atoms with Gasteiger partial charge in [0.25, 0.3) is 5.56 Å². The molecule has 0 aromatic carbocycles. The van der Waals surface area contributed by atoms with E-state index in [0.717, 1.165) is 0 Å². The van der Waals surface area contributed by atoms with Crippen molar-refractivity contribution in [2.24, 2.45) is 5.41 Å². The van der Waals surface area contributed by atoms with Crippen molar-refractivity contribution in [2.45, 2.75) is 59.0 Å². The van der Waals surface area contributed by atoms with E-state index in [4.69, 9.17) is 10.2 Å². The highest BCUT2D eigenvalue weighted by atomic mass is 28.3. The Bertz CT molecular complexity index is 750. The molecule has 2 aromatic heterocycles. The molecule has 8 nitrogen and oxygen atoms in total. The van der Waals surface area contributed by atoms with Crippen molar-refractivity contribution >= 4 is 26.2 Å². The minimum Gasteiger partial charge on any atom is -0.400 e. The largest absolute Gasteiger partial charge is 0.400 e. The highest BCUT2D eigenvalue weighted by Gasteiger charge is 2.25. The number of aliphatic hydroxyl groups excluding tert-OH is 1. The molecule has 0 radical (unpaired) electrons. The van der Waals surface area contributed by atoms with Crippen molar-refractivity contribution in [3.05, 3.63) is 16.7 Å². The molecular formula is C15H27N5O3Si. The van der Waals surface area contributed by atoms with Gasteiger partial charge in [-0.2, -0.15) is 4.98 Å². The van der Waals surface area contributed by atoms with Gasteiger partial charge in [-0.05, 0) is 24.9 Å². The first-order valence-corrected chi connectivity index (χ1v) is 10.9. The average Bonchev–Trinajstić information content (AvgIpc) is 2.78. The Kier molecular flexibility index (Phi) is 5.46. The van der Waals surface area contributed by atoms with Gasteiger partial charge < -0.3 is 15.3 Å². The number of anilines is 1. The van der Waals surface area contributed by atoms with Gasteiger partial charge in [0.1, 0.15) is 6.23 Å². The minimum absolute atomic E-state index is 0.00998. The molecular weight excluding hydrogens is 326 g/mol. The molecule has 2 unspecified atom stereocenters. The summed E-state index contributed by atoms with van der Waals surface area (Å²) < 4.78 is 7.77. The zero-order chi connectivity index (χ0) is 18.1. The van der Waals surface area contributed by atoms with Crippen molar-refractivity contribution in [2.75, 3.05) is 5.73 Å². The molecule has 2 aromatic rings. The first-order valence-electron chi connectivity index (χ1n) is 8.12. The van der Waals surface area contributed by atoms with Gasteiger partial charge in [0.15, 0.2) is 20.2 Å². The minimum atomic E-state index is -1.39. The lowest BCUT2D eigenvalue weighted by Gasteiger charge is -2.28. The standard InChI is InChI=1S/C15H27N5O3Si/c1-15(2,3)7-9(21)6-10(23-24(4)5)20-8-17-11-12(20)18-14(16)19-13(11)22/h8-10,21,24H,6-7H2,1-5H3,(H3,16,18,19,22). The third-order valence-corrected chi connectivity index (χ3v) is 4.37. The predicted molar refractivity (Wildman–Crippen MR) is 96.3 cm³/mol. The summed E-state index contributed by atoms with van der Waals surface area (Å²) in [5, 5.41) is 10.4. The Morgan fingerprint density at radius 3 is 2.71 bits per heavy atom. The molecule has 0 saturated carbocycles. The van der Waals surface area contributed by atoms with Crippen LogP contribution < -0.4 is 11.3 Å². The highest BCUT2D eigenvalue weighted by Crippen LogP contribution is 2.27. The number of aromatic amines is 1. The van der Waals surface area contributed by atoms with Crippen LogP contribution in [0.5, 0.6) is 0 Å². The smallest absolute Gasteiger partial charge is 0.280 e. The number of nitrogens with zero attached hydrogens (tertiary/aromatic N) is 3. The van der Waals surface area contributed by atoms with Gasteiger partial charge in [0.2, 0.25) is 5.95 Å². The first kappa shape index (κ1) is 18.6. The third-order valence-electron chi connectivity index (χ3n) is 3.51. The summed E-state index contributed by atoms with van der Waals surface area (Å²) in [4.78, 5) is 22.7. The topological polar surface area (TPSA) is 119 Å². The van der Waals surface area contributed by atoms with E-state index >= 15 is 0 Å². The summed E-state index contributed by atoms with van der Waals surface area (Å²) in [6, 6.07) is 0. The lowest BCUT2D eigenvalue weighted by Crippen LogP contribution is -2.27. The van der Waals surface area contributed by atoms with Crippen LogP contribution >= 0.6 is 0 Å². The molecule has 134 valence electrons. The summed E-state index contributed by atoms with van der Waals surface area (Å²) in [6.45, 7) is 10.3. The second-order valence-corrected chi connectivity index (χ2v) is 9.94. The Morgan fingerprint density at radius 2 is 2.12 bits per heavy atom. The number of H-pyrrole nitrogens is 1. The number of nitrogens with one attached hydrogen (secondary N) is 1. The first-order chi connectivity index (χ1) is 11.1. The van der Waals surface area contributed by atoms with Crippen molar-refractivity contribution in [1.82, 2.24) is 19.5 Å². The summed E-state index contributed by atoms with van der Waals surface area (Å²) in [7, 11) is -1.39. The van der Waals surface area contributed by atoms with E-state index in [9.17, 15) is 9.90 Å². The molecule has 0 amide bonds. The quantitative estimate of drug-likeness (QED) is 0.675. The molecule has 4 N–H and O–H groups in total. The van der Waals surface area contributed by atoms with Gasteiger partial charge >= 0.3 is 0 Å². The number of hydrogen-bond acceptors (Lipinski definition) is 6. The van der Waals surface area contributed by atoms with E-state index in [0.29, 0.717) is 18.5 Å². The zero-order valence-corrected chi connectivity index (χ0v) is 16.1. The van der Waals surface area contributed by atoms with Gasteiger partial charge in [-0.3, -0.25) is 14.3 Å². The monoisotopic (exact) mass is 353 g/mol. The fourth-order valence-corrected chi connectivity index (χ4v) is 3.60. The van der Waals surface area contributed by atoms with Gasteiger partial charge in [0, 0.05) is 6.42 Å². The summed E-state index contributed by atoms with van der Waals surface area (Å²) in [5.41, 5.74) is 5.87. The maximum absolute atomic E-state index is 11.9. The molecule has 0 aliphatic rings. The Hall–Kier alpha value is -1.71. The Labute approximate surface area is 142 Å². The van der Waals surface area contributed by atoms with Gasteiger partial charge in [0.05, 0.1) is 12.4 Å². The van der Waals surface area contributed by atoms with Gasteiger partial charge in [-0.15, -0.1) is 0 Å². The van der Waals surface area contributed by atoms with E-state index < -0.39 is 21.4 Å². The number of fused-ring (bicyclic) bond motifs is 1. The van der Waals surface area contributed by atoms with Crippen LogP contribution in [0.15, 0.2) is 11.1 Å². The van der Waals surface area contributed by atoms with Crippen LogP contribution in [0.1, 0.15) is 39.8 Å². The predicted octanol–water partition coefficient (Wildman–Crippen LogP) is 1.39. The fourth-order valence-electron chi connectivity index (χ4n) is 2.73. The molecule has 2 atom stereocenters. The number of nitrogen functional groups attached to an aromatic ring is 1. The molecule has 0 saturated heterocycles. The number of hydrogen-bond donors (Lipinski definition) is 3. The SMILES string of the molecule is C[SiH](C)OC(CC(O)CC(C)(C)C)n1cnc2c(=O)[nH]c(N)nc21. The number of imidazole rings is 1. The molecule has 24 heavy (non-hydrogen) atoms. The number of nitrogens with two attached hydrogens (primary N) is 1. The van der Waals surface area contributed by atoms with E-state index in [-0.39, 0.29) is 22.4 Å². The average molecular weight is 353 g/mol. The van der Waals surface area contributed by atoms with E-state index in [1.807, 2.05) is 0 Å². The molecule has 0 aliphatic heterocycles. The third kappa shape index (κ3) is 4.65.